The van der Waals surface area contributed by atoms with E-state index >= 15 is 0 Å². The lowest BCUT2D eigenvalue weighted by molar-refractivity contribution is -0.111. The molecule has 2 heteroatoms. The van der Waals surface area contributed by atoms with E-state index < -0.39 is 0 Å². The van der Waals surface area contributed by atoms with E-state index in [1.165, 1.54) is 0 Å². The molecule has 0 saturated heterocycles. The SMILES string of the molecule is CC/C=C/C/C=C/C/C=C/C/C=C/C/C=C/CCCC(=O)Cl. The van der Waals surface area contributed by atoms with Crippen LogP contribution in [-0.2, 0) is 4.79 Å². The molecule has 0 spiro atoms. The van der Waals surface area contributed by atoms with Crippen LogP contribution in [0.25, 0.3) is 0 Å². The van der Waals surface area contributed by atoms with E-state index in [0.717, 1.165) is 44.9 Å². The van der Waals surface area contributed by atoms with Gasteiger partial charge >= 0.3 is 0 Å². The van der Waals surface area contributed by atoms with Crippen molar-refractivity contribution in [3.63, 3.8) is 0 Å². The zero-order valence-electron chi connectivity index (χ0n) is 13.7. The first-order valence-corrected chi connectivity index (χ1v) is 8.58. The molecular weight excluding hydrogens is 292 g/mol. The predicted molar refractivity (Wildman–Crippen MR) is 99.2 cm³/mol. The molecule has 0 aliphatic carbocycles. The van der Waals surface area contributed by atoms with Crippen LogP contribution in [0, 0.1) is 0 Å². The van der Waals surface area contributed by atoms with E-state index in [1.807, 2.05) is 0 Å². The van der Waals surface area contributed by atoms with Crippen molar-refractivity contribution in [3.05, 3.63) is 60.8 Å². The van der Waals surface area contributed by atoms with Crippen LogP contribution < -0.4 is 0 Å². The Balaban J connectivity index is 3.46. The molecule has 0 heterocycles. The largest absolute Gasteiger partial charge is 0.281 e. The first kappa shape index (κ1) is 20.7. The zero-order valence-corrected chi connectivity index (χ0v) is 14.5. The Kier molecular flexibility index (Phi) is 16.6. The molecular formula is C20H29ClO. The minimum Gasteiger partial charge on any atom is -0.281 e. The van der Waals surface area contributed by atoms with Gasteiger partial charge in [-0.05, 0) is 56.5 Å². The first-order valence-electron chi connectivity index (χ1n) is 8.20. The standard InChI is InChI=1S/C20H29ClO/c1-2-3-4-5-6-7-8-9-10-11-12-13-14-15-16-17-18-19-20(21)22/h3-4,6-7,9-10,12-13,15-16H,2,5,8,11,14,17-19H2,1H3/b4-3+,7-6+,10-9+,13-12+,16-15+. The maximum absolute atomic E-state index is 10.5. The number of hydrogen-bond donors (Lipinski definition) is 0. The smallest absolute Gasteiger partial charge is 0.221 e. The maximum atomic E-state index is 10.5. The van der Waals surface area contributed by atoms with Crippen molar-refractivity contribution in [2.75, 3.05) is 0 Å². The average molecular weight is 321 g/mol. The van der Waals surface area contributed by atoms with Crippen molar-refractivity contribution in [2.45, 2.75) is 58.3 Å². The molecule has 22 heavy (non-hydrogen) atoms. The summed E-state index contributed by atoms with van der Waals surface area (Å²) in [5, 5.41) is -0.243. The number of halogens is 1. The number of allylic oxidation sites excluding steroid dienone is 10. The van der Waals surface area contributed by atoms with E-state index in [1.54, 1.807) is 0 Å². The van der Waals surface area contributed by atoms with Gasteiger partial charge in [0.05, 0.1) is 0 Å². The molecule has 0 unspecified atom stereocenters. The van der Waals surface area contributed by atoms with Crippen LogP contribution in [0.5, 0.6) is 0 Å². The van der Waals surface area contributed by atoms with E-state index in [-0.39, 0.29) is 5.24 Å². The number of carbonyl (C=O) groups is 1. The predicted octanol–water partition coefficient (Wildman–Crippen LogP) is 6.67. The van der Waals surface area contributed by atoms with Crippen LogP contribution >= 0.6 is 11.6 Å². The quantitative estimate of drug-likeness (QED) is 0.210. The van der Waals surface area contributed by atoms with Gasteiger partial charge in [0, 0.05) is 6.42 Å². The second-order valence-corrected chi connectivity index (χ2v) is 5.38. The zero-order chi connectivity index (χ0) is 16.3. The Morgan fingerprint density at radius 1 is 0.727 bits per heavy atom. The molecule has 0 atom stereocenters. The summed E-state index contributed by atoms with van der Waals surface area (Å²) >= 11 is 5.26. The number of hydrogen-bond acceptors (Lipinski definition) is 1. The fraction of sp³-hybridized carbons (Fsp3) is 0.450. The molecule has 0 aliphatic heterocycles. The summed E-state index contributed by atoms with van der Waals surface area (Å²) in [5.74, 6) is 0. The highest BCUT2D eigenvalue weighted by atomic mass is 35.5. The van der Waals surface area contributed by atoms with Crippen LogP contribution in [0.3, 0.4) is 0 Å². The monoisotopic (exact) mass is 320 g/mol. The third kappa shape index (κ3) is 18.7. The fourth-order valence-corrected chi connectivity index (χ4v) is 1.86. The van der Waals surface area contributed by atoms with Crippen LogP contribution in [-0.4, -0.2) is 5.24 Å². The number of unbranched alkanes of at least 4 members (excludes halogenated alkanes) is 1. The highest BCUT2D eigenvalue weighted by Gasteiger charge is 1.92. The molecule has 0 amide bonds. The Morgan fingerprint density at radius 2 is 1.14 bits per heavy atom. The van der Waals surface area contributed by atoms with Crippen molar-refractivity contribution in [1.29, 1.82) is 0 Å². The van der Waals surface area contributed by atoms with Gasteiger partial charge in [-0.2, -0.15) is 0 Å². The molecule has 0 bridgehead atoms. The Bertz CT molecular complexity index is 400. The van der Waals surface area contributed by atoms with Gasteiger partial charge in [-0.15, -0.1) is 0 Å². The molecule has 0 radical (unpaired) electrons. The van der Waals surface area contributed by atoms with Crippen LogP contribution in [0.15, 0.2) is 60.8 Å². The number of rotatable bonds is 13. The van der Waals surface area contributed by atoms with Crippen molar-refractivity contribution < 1.29 is 4.79 Å². The minimum absolute atomic E-state index is 0.243. The van der Waals surface area contributed by atoms with Crippen LogP contribution in [0.1, 0.15) is 58.3 Å². The lowest BCUT2D eigenvalue weighted by atomic mass is 10.2. The molecule has 0 rings (SSSR count). The van der Waals surface area contributed by atoms with Crippen molar-refractivity contribution >= 4 is 16.8 Å². The molecule has 0 N–H and O–H groups in total. The van der Waals surface area contributed by atoms with E-state index in [9.17, 15) is 4.79 Å². The van der Waals surface area contributed by atoms with Crippen LogP contribution in [0.2, 0.25) is 0 Å². The Morgan fingerprint density at radius 3 is 1.55 bits per heavy atom. The van der Waals surface area contributed by atoms with E-state index in [4.69, 9.17) is 11.6 Å². The summed E-state index contributed by atoms with van der Waals surface area (Å²) in [6, 6.07) is 0. The second-order valence-electron chi connectivity index (χ2n) is 4.96. The average Bonchev–Trinajstić information content (AvgIpc) is 2.50. The normalized spacial score (nSPS) is 12.8. The maximum Gasteiger partial charge on any atom is 0.221 e. The molecule has 122 valence electrons. The van der Waals surface area contributed by atoms with Crippen LogP contribution in [0.4, 0.5) is 0 Å². The summed E-state index contributed by atoms with van der Waals surface area (Å²) in [5.41, 5.74) is 0. The van der Waals surface area contributed by atoms with Gasteiger partial charge in [-0.25, -0.2) is 0 Å². The van der Waals surface area contributed by atoms with Gasteiger partial charge in [0.15, 0.2) is 0 Å². The molecule has 0 aromatic rings. The molecule has 0 fully saturated rings. The lowest BCUT2D eigenvalue weighted by Crippen LogP contribution is -1.83. The topological polar surface area (TPSA) is 17.1 Å². The summed E-state index contributed by atoms with van der Waals surface area (Å²) < 4.78 is 0. The van der Waals surface area contributed by atoms with Gasteiger partial charge in [-0.3, -0.25) is 4.79 Å². The summed E-state index contributed by atoms with van der Waals surface area (Å²) in [7, 11) is 0. The van der Waals surface area contributed by atoms with E-state index in [0.29, 0.717) is 6.42 Å². The second kappa shape index (κ2) is 17.7. The van der Waals surface area contributed by atoms with Crippen molar-refractivity contribution in [1.82, 2.24) is 0 Å². The molecule has 1 nitrogen and oxygen atoms in total. The molecule has 0 aromatic carbocycles. The minimum atomic E-state index is -0.243. The van der Waals surface area contributed by atoms with Gasteiger partial charge in [0.25, 0.3) is 0 Å². The summed E-state index contributed by atoms with van der Waals surface area (Å²) in [6.07, 6.45) is 29.1. The first-order chi connectivity index (χ1) is 10.8. The highest BCUT2D eigenvalue weighted by molar-refractivity contribution is 6.63. The fourth-order valence-electron chi connectivity index (χ4n) is 1.73. The third-order valence-electron chi connectivity index (χ3n) is 2.90. The summed E-state index contributed by atoms with van der Waals surface area (Å²) in [6.45, 7) is 2.15. The van der Waals surface area contributed by atoms with E-state index in [2.05, 4.69) is 67.7 Å². The molecule has 0 aliphatic rings. The molecule has 0 aromatic heterocycles. The Labute approximate surface area is 141 Å². The van der Waals surface area contributed by atoms with Crippen molar-refractivity contribution in [2.24, 2.45) is 0 Å². The molecule has 0 saturated carbocycles. The van der Waals surface area contributed by atoms with Crippen molar-refractivity contribution in [3.8, 4) is 0 Å². The van der Waals surface area contributed by atoms with Gasteiger partial charge in [-0.1, -0.05) is 67.7 Å². The highest BCUT2D eigenvalue weighted by Crippen LogP contribution is 2.01. The van der Waals surface area contributed by atoms with Gasteiger partial charge in [0.2, 0.25) is 5.24 Å². The number of carbonyl (C=O) groups excluding carboxylic acids is 1. The Hall–Kier alpha value is -1.34. The van der Waals surface area contributed by atoms with Gasteiger partial charge in [0.1, 0.15) is 0 Å². The lowest BCUT2D eigenvalue weighted by Gasteiger charge is -1.89. The van der Waals surface area contributed by atoms with Gasteiger partial charge < -0.3 is 0 Å². The third-order valence-corrected chi connectivity index (χ3v) is 3.09. The summed E-state index contributed by atoms with van der Waals surface area (Å²) in [4.78, 5) is 10.5.